The van der Waals surface area contributed by atoms with Gasteiger partial charge in [-0.25, -0.2) is 4.79 Å². The molecule has 2 N–H and O–H groups in total. The average molecular weight is 515 g/mol. The minimum absolute atomic E-state index is 0. The highest BCUT2D eigenvalue weighted by atomic mass is 127. The van der Waals surface area contributed by atoms with Gasteiger partial charge in [-0.15, -0.1) is 24.0 Å². The number of nitrogens with zero attached hydrogens (tertiary/aromatic N) is 3. The summed E-state index contributed by atoms with van der Waals surface area (Å²) >= 11 is 0. The van der Waals surface area contributed by atoms with Crippen molar-refractivity contribution in [3.63, 3.8) is 0 Å². The highest BCUT2D eigenvalue weighted by Crippen LogP contribution is 2.12. The van der Waals surface area contributed by atoms with Gasteiger partial charge >= 0.3 is 6.09 Å². The molecule has 0 saturated carbocycles. The van der Waals surface area contributed by atoms with Gasteiger partial charge in [0.25, 0.3) is 0 Å². The molecule has 0 aliphatic rings. The number of halogens is 1. The van der Waals surface area contributed by atoms with Gasteiger partial charge in [0, 0.05) is 33.3 Å². The Bertz CT molecular complexity index is 770. The summed E-state index contributed by atoms with van der Waals surface area (Å²) in [6, 6.07) is 9.85. The molecule has 0 aliphatic heterocycles. The van der Waals surface area contributed by atoms with E-state index in [2.05, 4.69) is 20.8 Å². The molecule has 0 unspecified atom stereocenters. The van der Waals surface area contributed by atoms with Crippen LogP contribution in [0.25, 0.3) is 0 Å². The lowest BCUT2D eigenvalue weighted by Gasteiger charge is -2.24. The van der Waals surface area contributed by atoms with E-state index in [0.29, 0.717) is 25.6 Å². The Morgan fingerprint density at radius 2 is 1.76 bits per heavy atom. The van der Waals surface area contributed by atoms with Crippen molar-refractivity contribution >= 4 is 36.0 Å². The summed E-state index contributed by atoms with van der Waals surface area (Å²) in [5, 5.41) is 10.3. The molecule has 2 aromatic rings. The Kier molecular flexibility index (Phi) is 9.93. The van der Waals surface area contributed by atoms with Gasteiger partial charge in [-0.05, 0) is 31.9 Å². The molecular weight excluding hydrogens is 485 g/mol. The minimum atomic E-state index is -0.499. The molecule has 0 atom stereocenters. The molecule has 0 fully saturated rings. The quantitative estimate of drug-likeness (QED) is 0.348. The van der Waals surface area contributed by atoms with Crippen molar-refractivity contribution in [2.45, 2.75) is 46.0 Å². The van der Waals surface area contributed by atoms with Gasteiger partial charge in [-0.3, -0.25) is 4.99 Å². The van der Waals surface area contributed by atoms with Crippen molar-refractivity contribution in [1.29, 1.82) is 0 Å². The molecule has 2 rings (SSSR count). The van der Waals surface area contributed by atoms with Crippen LogP contribution in [0.3, 0.4) is 0 Å². The molecule has 0 spiro atoms. The molecule has 160 valence electrons. The number of carbonyl (C=O) groups is 1. The largest absolute Gasteiger partial charge is 0.444 e. The van der Waals surface area contributed by atoms with E-state index in [4.69, 9.17) is 9.26 Å². The second-order valence-electron chi connectivity index (χ2n) is 7.42. The van der Waals surface area contributed by atoms with Gasteiger partial charge in [-0.1, -0.05) is 29.4 Å². The third-order valence-electron chi connectivity index (χ3n) is 3.76. The second-order valence-corrected chi connectivity index (χ2v) is 7.42. The lowest BCUT2D eigenvalue weighted by molar-refractivity contribution is 0.0285. The normalized spacial score (nSPS) is 11.4. The minimum Gasteiger partial charge on any atom is -0.444 e. The maximum absolute atomic E-state index is 12.1. The van der Waals surface area contributed by atoms with Crippen LogP contribution in [0.15, 0.2) is 46.1 Å². The average Bonchev–Trinajstić information content (AvgIpc) is 3.15. The zero-order valence-electron chi connectivity index (χ0n) is 17.6. The van der Waals surface area contributed by atoms with Crippen LogP contribution in [0.2, 0.25) is 0 Å². The lowest BCUT2D eigenvalue weighted by atomic mass is 10.1. The first-order valence-corrected chi connectivity index (χ1v) is 9.12. The van der Waals surface area contributed by atoms with Gasteiger partial charge in [0.15, 0.2) is 5.96 Å². The van der Waals surface area contributed by atoms with Gasteiger partial charge in [0.1, 0.15) is 17.6 Å². The van der Waals surface area contributed by atoms with Crippen LogP contribution in [0.1, 0.15) is 37.6 Å². The number of aliphatic imine (C=N–C) groups is 1. The fourth-order valence-electron chi connectivity index (χ4n) is 2.35. The molecule has 0 saturated heterocycles. The Balaban J connectivity index is 0.00000420. The van der Waals surface area contributed by atoms with Gasteiger partial charge in [0.2, 0.25) is 0 Å². The van der Waals surface area contributed by atoms with Crippen LogP contribution >= 0.6 is 24.0 Å². The van der Waals surface area contributed by atoms with Crippen molar-refractivity contribution in [3.8, 4) is 0 Å². The van der Waals surface area contributed by atoms with Crippen molar-refractivity contribution in [2.24, 2.45) is 4.99 Å². The second kappa shape index (κ2) is 11.6. The summed E-state index contributed by atoms with van der Waals surface area (Å²) < 4.78 is 10.2. The Morgan fingerprint density at radius 1 is 1.14 bits per heavy atom. The zero-order valence-corrected chi connectivity index (χ0v) is 19.9. The van der Waals surface area contributed by atoms with E-state index in [9.17, 15) is 4.79 Å². The molecule has 0 aliphatic carbocycles. The summed E-state index contributed by atoms with van der Waals surface area (Å²) in [7, 11) is 3.45. The molecule has 1 aromatic heterocycles. The van der Waals surface area contributed by atoms with E-state index < -0.39 is 5.60 Å². The summed E-state index contributed by atoms with van der Waals surface area (Å²) in [6.07, 6.45) is 1.20. The molecule has 0 radical (unpaired) electrons. The maximum atomic E-state index is 12.1. The molecule has 29 heavy (non-hydrogen) atoms. The van der Waals surface area contributed by atoms with Crippen molar-refractivity contribution in [2.75, 3.05) is 14.1 Å². The third kappa shape index (κ3) is 9.16. The number of amides is 1. The van der Waals surface area contributed by atoms with Crippen molar-refractivity contribution in [1.82, 2.24) is 20.7 Å². The predicted molar refractivity (Wildman–Crippen MR) is 123 cm³/mol. The van der Waals surface area contributed by atoms with Crippen LogP contribution in [-0.2, 0) is 24.4 Å². The lowest BCUT2D eigenvalue weighted by Crippen LogP contribution is -2.36. The van der Waals surface area contributed by atoms with E-state index in [1.165, 1.54) is 6.26 Å². The van der Waals surface area contributed by atoms with E-state index in [1.54, 1.807) is 25.1 Å². The van der Waals surface area contributed by atoms with Crippen molar-refractivity contribution in [3.05, 3.63) is 53.4 Å². The Hall–Kier alpha value is -2.30. The Morgan fingerprint density at radius 3 is 2.31 bits per heavy atom. The monoisotopic (exact) mass is 515 g/mol. The van der Waals surface area contributed by atoms with Gasteiger partial charge in [0.05, 0.1) is 6.54 Å². The van der Waals surface area contributed by atoms with Crippen molar-refractivity contribution < 1.29 is 14.1 Å². The molecule has 8 nitrogen and oxygen atoms in total. The van der Waals surface area contributed by atoms with E-state index >= 15 is 0 Å². The Labute approximate surface area is 189 Å². The SMILES string of the molecule is CN=C(NCc1ccc(CN(C)C(=O)OC(C)(C)C)cc1)NCc1ccon1.I. The number of rotatable bonds is 6. The standard InChI is InChI=1S/C20H29N5O3.HI/c1-20(2,3)28-19(26)25(5)14-16-8-6-15(7-9-16)12-22-18(21-4)23-13-17-10-11-27-24-17;/h6-11H,12-14H2,1-5H3,(H2,21,22,23);1H. The predicted octanol–water partition coefficient (Wildman–Crippen LogP) is 3.52. The fourth-order valence-corrected chi connectivity index (χ4v) is 2.35. The number of aromatic nitrogens is 1. The third-order valence-corrected chi connectivity index (χ3v) is 3.76. The highest BCUT2D eigenvalue weighted by Gasteiger charge is 2.19. The maximum Gasteiger partial charge on any atom is 0.410 e. The molecule has 1 aromatic carbocycles. The van der Waals surface area contributed by atoms with Crippen LogP contribution in [0.4, 0.5) is 4.79 Å². The van der Waals surface area contributed by atoms with E-state index in [0.717, 1.165) is 16.8 Å². The number of ether oxygens (including phenoxy) is 1. The number of carbonyl (C=O) groups excluding carboxylic acids is 1. The molecule has 0 bridgehead atoms. The molecule has 1 heterocycles. The summed E-state index contributed by atoms with van der Waals surface area (Å²) in [4.78, 5) is 17.8. The molecule has 1 amide bonds. The van der Waals surface area contributed by atoms with Crippen LogP contribution in [0, 0.1) is 0 Å². The van der Waals surface area contributed by atoms with Gasteiger partial charge < -0.3 is 24.8 Å². The topological polar surface area (TPSA) is 92.0 Å². The number of nitrogens with one attached hydrogen (secondary N) is 2. The molecule has 9 heteroatoms. The highest BCUT2D eigenvalue weighted by molar-refractivity contribution is 14.0. The van der Waals surface area contributed by atoms with E-state index in [1.807, 2.05) is 45.0 Å². The number of guanidine groups is 1. The van der Waals surface area contributed by atoms with Crippen LogP contribution in [0.5, 0.6) is 0 Å². The fraction of sp³-hybridized carbons (Fsp3) is 0.450. The first-order chi connectivity index (χ1) is 13.3. The first-order valence-electron chi connectivity index (χ1n) is 9.12. The summed E-state index contributed by atoms with van der Waals surface area (Å²) in [5.74, 6) is 0.678. The smallest absolute Gasteiger partial charge is 0.410 e. The number of benzene rings is 1. The zero-order chi connectivity index (χ0) is 20.6. The number of hydrogen-bond donors (Lipinski definition) is 2. The first kappa shape index (κ1) is 24.7. The molecular formula is C20H30IN5O3. The number of hydrogen-bond acceptors (Lipinski definition) is 5. The van der Waals surface area contributed by atoms with Gasteiger partial charge in [-0.2, -0.15) is 0 Å². The summed E-state index contributed by atoms with van der Waals surface area (Å²) in [6.45, 7) is 7.22. The van der Waals surface area contributed by atoms with E-state index in [-0.39, 0.29) is 30.1 Å². The van der Waals surface area contributed by atoms with Crippen LogP contribution < -0.4 is 10.6 Å². The summed E-state index contributed by atoms with van der Waals surface area (Å²) in [5.41, 5.74) is 2.45. The van der Waals surface area contributed by atoms with Crippen LogP contribution in [-0.4, -0.2) is 41.8 Å².